The molecule has 2 unspecified atom stereocenters. The minimum atomic E-state index is -3.21. The van der Waals surface area contributed by atoms with Crippen molar-refractivity contribution in [2.24, 2.45) is 5.41 Å². The summed E-state index contributed by atoms with van der Waals surface area (Å²) in [6, 6.07) is 1.95. The molecule has 1 aliphatic rings. The molecule has 1 N–H and O–H groups in total. The lowest BCUT2D eigenvalue weighted by Crippen LogP contribution is -2.49. The summed E-state index contributed by atoms with van der Waals surface area (Å²) in [7, 11) is -1.80. The van der Waals surface area contributed by atoms with Crippen LogP contribution in [0.4, 0.5) is 0 Å². The molecule has 0 bridgehead atoms. The van der Waals surface area contributed by atoms with Crippen LogP contribution < -0.4 is 0 Å². The highest BCUT2D eigenvalue weighted by molar-refractivity contribution is 7.91. The van der Waals surface area contributed by atoms with Gasteiger partial charge < -0.3 is 9.84 Å². The highest BCUT2D eigenvalue weighted by Crippen LogP contribution is 2.41. The fraction of sp³-hybridized carbons (Fsp3) is 0.889. The molecule has 0 aromatic heterocycles. The third kappa shape index (κ3) is 2.14. The van der Waals surface area contributed by atoms with Crippen molar-refractivity contribution < 1.29 is 18.3 Å². The third-order valence-electron chi connectivity index (χ3n) is 2.98. The molecule has 1 saturated heterocycles. The van der Waals surface area contributed by atoms with Crippen molar-refractivity contribution >= 4 is 9.84 Å². The van der Waals surface area contributed by atoms with E-state index in [1.54, 1.807) is 0 Å². The summed E-state index contributed by atoms with van der Waals surface area (Å²) < 4.78 is 27.5. The number of methoxy groups -OCH3 is 1. The van der Waals surface area contributed by atoms with E-state index in [1.165, 1.54) is 14.0 Å². The molecular formula is C9H15NO4S. The van der Waals surface area contributed by atoms with Gasteiger partial charge in [0.25, 0.3) is 0 Å². The predicted octanol–water partition coefficient (Wildman–Crippen LogP) is -0.288. The van der Waals surface area contributed by atoms with Crippen molar-refractivity contribution in [3.63, 3.8) is 0 Å². The average molecular weight is 233 g/mol. The summed E-state index contributed by atoms with van der Waals surface area (Å²) in [5, 5.41) is 19.2. The number of ether oxygens (including phenoxy) is 1. The average Bonchev–Trinajstić information content (AvgIpc) is 2.43. The number of nitrogens with zero attached hydrogens (tertiary/aromatic N) is 1. The SMILES string of the molecule is COCC(C)(O)C1(C#N)CCS(=O)(=O)C1. The standard InChI is InChI=1S/C9H15NO4S/c1-8(11,6-14-2)9(5-10)3-4-15(12,13)7-9/h11H,3-4,6-7H2,1-2H3. The Balaban J connectivity index is 3.04. The highest BCUT2D eigenvalue weighted by Gasteiger charge is 2.54. The molecule has 1 fully saturated rings. The Labute approximate surface area is 89.6 Å². The van der Waals surface area contributed by atoms with Gasteiger partial charge in [0.05, 0.1) is 24.2 Å². The Morgan fingerprint density at radius 1 is 1.67 bits per heavy atom. The maximum Gasteiger partial charge on any atom is 0.152 e. The van der Waals surface area contributed by atoms with E-state index in [2.05, 4.69) is 0 Å². The van der Waals surface area contributed by atoms with Gasteiger partial charge in [-0.3, -0.25) is 0 Å². The van der Waals surface area contributed by atoms with E-state index >= 15 is 0 Å². The van der Waals surface area contributed by atoms with Gasteiger partial charge in [-0.1, -0.05) is 0 Å². The van der Waals surface area contributed by atoms with Gasteiger partial charge in [0.15, 0.2) is 9.84 Å². The fourth-order valence-corrected chi connectivity index (χ4v) is 3.98. The number of sulfone groups is 1. The molecular weight excluding hydrogens is 218 g/mol. The Morgan fingerprint density at radius 2 is 2.27 bits per heavy atom. The van der Waals surface area contributed by atoms with E-state index in [0.29, 0.717) is 0 Å². The van der Waals surface area contributed by atoms with Gasteiger partial charge in [0.1, 0.15) is 11.0 Å². The molecule has 5 nitrogen and oxygen atoms in total. The summed E-state index contributed by atoms with van der Waals surface area (Å²) in [4.78, 5) is 0. The number of hydrogen-bond acceptors (Lipinski definition) is 5. The van der Waals surface area contributed by atoms with Crippen molar-refractivity contribution in [2.75, 3.05) is 25.2 Å². The molecule has 2 atom stereocenters. The quantitative estimate of drug-likeness (QED) is 0.724. The van der Waals surface area contributed by atoms with Crippen LogP contribution >= 0.6 is 0 Å². The van der Waals surface area contributed by atoms with Crippen LogP contribution in [0.3, 0.4) is 0 Å². The first-order chi connectivity index (χ1) is 6.79. The Morgan fingerprint density at radius 3 is 2.60 bits per heavy atom. The summed E-state index contributed by atoms with van der Waals surface area (Å²) in [5.74, 6) is -0.326. The van der Waals surface area contributed by atoms with Gasteiger partial charge in [-0.25, -0.2) is 8.42 Å². The first kappa shape index (κ1) is 12.4. The van der Waals surface area contributed by atoms with E-state index in [-0.39, 0.29) is 24.5 Å². The van der Waals surface area contributed by atoms with E-state index in [1.807, 2.05) is 6.07 Å². The molecule has 1 heterocycles. The number of nitriles is 1. The zero-order chi connectivity index (χ0) is 11.7. The molecule has 1 aliphatic heterocycles. The molecule has 0 spiro atoms. The van der Waals surface area contributed by atoms with Crippen molar-refractivity contribution in [1.29, 1.82) is 5.26 Å². The summed E-state index contributed by atoms with van der Waals surface area (Å²) >= 11 is 0. The molecule has 0 aliphatic carbocycles. The Bertz CT molecular complexity index is 381. The second-order valence-corrected chi connectivity index (χ2v) is 6.43. The predicted molar refractivity (Wildman–Crippen MR) is 53.8 cm³/mol. The van der Waals surface area contributed by atoms with Gasteiger partial charge in [0, 0.05) is 7.11 Å². The van der Waals surface area contributed by atoms with Crippen LogP contribution in [0.1, 0.15) is 13.3 Å². The van der Waals surface area contributed by atoms with Crippen LogP contribution in [0.15, 0.2) is 0 Å². The van der Waals surface area contributed by atoms with Crippen molar-refractivity contribution in [1.82, 2.24) is 0 Å². The first-order valence-corrected chi connectivity index (χ1v) is 6.44. The van der Waals surface area contributed by atoms with Gasteiger partial charge in [-0.15, -0.1) is 0 Å². The monoisotopic (exact) mass is 233 g/mol. The van der Waals surface area contributed by atoms with Crippen LogP contribution in [-0.4, -0.2) is 44.3 Å². The van der Waals surface area contributed by atoms with Crippen LogP contribution in [-0.2, 0) is 14.6 Å². The van der Waals surface area contributed by atoms with Gasteiger partial charge in [-0.05, 0) is 13.3 Å². The molecule has 0 aromatic carbocycles. The first-order valence-electron chi connectivity index (χ1n) is 4.62. The van der Waals surface area contributed by atoms with Crippen LogP contribution in [0.5, 0.6) is 0 Å². The topological polar surface area (TPSA) is 87.4 Å². The number of hydrogen-bond donors (Lipinski definition) is 1. The Hall–Kier alpha value is -0.640. The summed E-state index contributed by atoms with van der Waals surface area (Å²) in [5.41, 5.74) is -2.66. The summed E-state index contributed by atoms with van der Waals surface area (Å²) in [6.07, 6.45) is 0.169. The zero-order valence-electron chi connectivity index (χ0n) is 8.86. The molecule has 1 rings (SSSR count). The lowest BCUT2D eigenvalue weighted by atomic mass is 9.74. The lowest BCUT2D eigenvalue weighted by molar-refractivity contribution is -0.0792. The van der Waals surface area contributed by atoms with Gasteiger partial charge in [0.2, 0.25) is 0 Å². The zero-order valence-corrected chi connectivity index (χ0v) is 9.67. The Kier molecular flexibility index (Phi) is 3.10. The van der Waals surface area contributed by atoms with Gasteiger partial charge >= 0.3 is 0 Å². The lowest BCUT2D eigenvalue weighted by Gasteiger charge is -2.35. The molecule has 86 valence electrons. The minimum absolute atomic E-state index is 0.0412. The van der Waals surface area contributed by atoms with Crippen LogP contribution in [0.2, 0.25) is 0 Å². The number of aliphatic hydroxyl groups is 1. The molecule has 0 radical (unpaired) electrons. The molecule has 6 heteroatoms. The largest absolute Gasteiger partial charge is 0.386 e. The van der Waals surface area contributed by atoms with E-state index in [4.69, 9.17) is 10.00 Å². The van der Waals surface area contributed by atoms with Crippen molar-refractivity contribution in [3.8, 4) is 6.07 Å². The number of rotatable bonds is 3. The van der Waals surface area contributed by atoms with Crippen molar-refractivity contribution in [3.05, 3.63) is 0 Å². The second-order valence-electron chi connectivity index (χ2n) is 4.24. The van der Waals surface area contributed by atoms with E-state index in [9.17, 15) is 13.5 Å². The second kappa shape index (κ2) is 3.74. The molecule has 0 aromatic rings. The summed E-state index contributed by atoms with van der Waals surface area (Å²) in [6.45, 7) is 1.40. The van der Waals surface area contributed by atoms with E-state index < -0.39 is 20.9 Å². The van der Waals surface area contributed by atoms with Crippen LogP contribution in [0.25, 0.3) is 0 Å². The van der Waals surface area contributed by atoms with Crippen molar-refractivity contribution in [2.45, 2.75) is 18.9 Å². The molecule has 0 amide bonds. The maximum absolute atomic E-state index is 11.4. The van der Waals surface area contributed by atoms with Gasteiger partial charge in [-0.2, -0.15) is 5.26 Å². The minimum Gasteiger partial charge on any atom is -0.386 e. The maximum atomic E-state index is 11.4. The third-order valence-corrected chi connectivity index (χ3v) is 4.74. The van der Waals surface area contributed by atoms with E-state index in [0.717, 1.165) is 0 Å². The normalized spacial score (nSPS) is 33.2. The smallest absolute Gasteiger partial charge is 0.152 e. The fourth-order valence-electron chi connectivity index (χ4n) is 1.90. The highest BCUT2D eigenvalue weighted by atomic mass is 32.2. The molecule has 0 saturated carbocycles. The van der Waals surface area contributed by atoms with Crippen LogP contribution in [0, 0.1) is 16.7 Å². The molecule has 15 heavy (non-hydrogen) atoms.